The van der Waals surface area contributed by atoms with Crippen molar-refractivity contribution in [2.75, 3.05) is 26.2 Å². The first-order valence-electron chi connectivity index (χ1n) is 10.9. The molecule has 8 nitrogen and oxygen atoms in total. The van der Waals surface area contributed by atoms with Crippen LogP contribution in [0, 0.1) is 12.8 Å². The van der Waals surface area contributed by atoms with E-state index in [0.29, 0.717) is 30.4 Å². The number of carbonyl (C=O) groups is 1. The van der Waals surface area contributed by atoms with Gasteiger partial charge in [0.1, 0.15) is 4.90 Å². The molecular weight excluding hydrogens is 414 g/mol. The zero-order chi connectivity index (χ0) is 21.6. The summed E-state index contributed by atoms with van der Waals surface area (Å²) < 4.78 is 28.7. The molecule has 5 rings (SSSR count). The van der Waals surface area contributed by atoms with Crippen LogP contribution in [0.15, 0.2) is 39.6 Å². The van der Waals surface area contributed by atoms with Crippen molar-refractivity contribution in [2.45, 2.75) is 43.4 Å². The SMILES string of the molecule is Cc1cc(C2CCN(C(=O)C3CCN(C4=NS(=O)(=O)c5ccccc54)CC3)CC2)n[nH]1. The van der Waals surface area contributed by atoms with E-state index in [0.717, 1.165) is 50.2 Å². The third-order valence-electron chi connectivity index (χ3n) is 6.71. The first kappa shape index (κ1) is 20.2. The highest BCUT2D eigenvalue weighted by Crippen LogP contribution is 2.32. The number of rotatable bonds is 2. The van der Waals surface area contributed by atoms with Crippen LogP contribution in [0.1, 0.15) is 48.6 Å². The zero-order valence-corrected chi connectivity index (χ0v) is 18.4. The van der Waals surface area contributed by atoms with Gasteiger partial charge < -0.3 is 9.80 Å². The normalized spacial score (nSPS) is 21.8. The number of piperidine rings is 2. The zero-order valence-electron chi connectivity index (χ0n) is 17.6. The van der Waals surface area contributed by atoms with Gasteiger partial charge in [0.05, 0.1) is 5.69 Å². The van der Waals surface area contributed by atoms with Crippen LogP contribution in [-0.2, 0) is 14.8 Å². The molecule has 3 aliphatic heterocycles. The molecule has 1 aromatic heterocycles. The molecule has 9 heteroatoms. The summed E-state index contributed by atoms with van der Waals surface area (Å²) in [5.41, 5.74) is 2.84. The minimum absolute atomic E-state index is 0.00529. The highest BCUT2D eigenvalue weighted by molar-refractivity contribution is 7.90. The fourth-order valence-electron chi connectivity index (χ4n) is 4.96. The molecule has 3 aliphatic rings. The van der Waals surface area contributed by atoms with Gasteiger partial charge in [0, 0.05) is 49.3 Å². The van der Waals surface area contributed by atoms with Gasteiger partial charge in [-0.05, 0) is 50.8 Å². The number of H-pyrrole nitrogens is 1. The highest BCUT2D eigenvalue weighted by atomic mass is 32.2. The van der Waals surface area contributed by atoms with Gasteiger partial charge in [0.25, 0.3) is 10.0 Å². The number of amidine groups is 1. The summed E-state index contributed by atoms with van der Waals surface area (Å²) in [6, 6.07) is 9.06. The second kappa shape index (κ2) is 7.78. The Labute approximate surface area is 182 Å². The Morgan fingerprint density at radius 2 is 1.77 bits per heavy atom. The van der Waals surface area contributed by atoms with E-state index in [-0.39, 0.29) is 16.7 Å². The number of aromatic amines is 1. The molecule has 2 saturated heterocycles. The molecule has 2 aromatic rings. The fourth-order valence-corrected chi connectivity index (χ4v) is 6.18. The van der Waals surface area contributed by atoms with Crippen LogP contribution in [0.3, 0.4) is 0 Å². The molecule has 0 atom stereocenters. The Bertz CT molecular complexity index is 1120. The van der Waals surface area contributed by atoms with Gasteiger partial charge in [0.2, 0.25) is 5.91 Å². The number of nitrogens with one attached hydrogen (secondary N) is 1. The van der Waals surface area contributed by atoms with Crippen molar-refractivity contribution in [3.8, 4) is 0 Å². The Morgan fingerprint density at radius 1 is 1.06 bits per heavy atom. The summed E-state index contributed by atoms with van der Waals surface area (Å²) in [5, 5.41) is 7.39. The van der Waals surface area contributed by atoms with Gasteiger partial charge in [0.15, 0.2) is 5.84 Å². The van der Waals surface area contributed by atoms with Crippen molar-refractivity contribution in [1.29, 1.82) is 0 Å². The van der Waals surface area contributed by atoms with Crippen LogP contribution in [-0.4, -0.2) is 66.3 Å². The summed E-state index contributed by atoms with van der Waals surface area (Å²) >= 11 is 0. The maximum Gasteiger partial charge on any atom is 0.285 e. The first-order chi connectivity index (χ1) is 14.9. The van der Waals surface area contributed by atoms with Crippen molar-refractivity contribution in [3.63, 3.8) is 0 Å². The molecular formula is C22H27N5O3S. The third kappa shape index (κ3) is 3.75. The van der Waals surface area contributed by atoms with Gasteiger partial charge >= 0.3 is 0 Å². The predicted molar refractivity (Wildman–Crippen MR) is 116 cm³/mol. The quantitative estimate of drug-likeness (QED) is 0.771. The topological polar surface area (TPSA) is 98.7 Å². The number of fused-ring (bicyclic) bond motifs is 1. The van der Waals surface area contributed by atoms with E-state index < -0.39 is 10.0 Å². The van der Waals surface area contributed by atoms with E-state index in [1.165, 1.54) is 0 Å². The van der Waals surface area contributed by atoms with E-state index in [9.17, 15) is 13.2 Å². The second-order valence-corrected chi connectivity index (χ2v) is 10.3. The van der Waals surface area contributed by atoms with E-state index >= 15 is 0 Å². The predicted octanol–water partition coefficient (Wildman–Crippen LogP) is 2.29. The first-order valence-corrected chi connectivity index (χ1v) is 12.4. The molecule has 0 bridgehead atoms. The van der Waals surface area contributed by atoms with Crippen molar-refractivity contribution >= 4 is 21.8 Å². The Balaban J connectivity index is 1.18. The van der Waals surface area contributed by atoms with Crippen molar-refractivity contribution in [1.82, 2.24) is 20.0 Å². The standard InChI is InChI=1S/C22H27N5O3S/c1-15-14-19(24-23-15)16-6-12-27(13-7-16)22(28)17-8-10-26(11-9-17)21-18-4-2-3-5-20(18)31(29,30)25-21/h2-5,14,16-17H,6-13H2,1H3,(H,23,24). The fraction of sp³-hybridized carbons (Fsp3) is 0.500. The highest BCUT2D eigenvalue weighted by Gasteiger charge is 2.36. The van der Waals surface area contributed by atoms with Gasteiger partial charge in [-0.1, -0.05) is 12.1 Å². The van der Waals surface area contributed by atoms with E-state index in [1.807, 2.05) is 22.8 Å². The number of amides is 1. The molecule has 0 unspecified atom stereocenters. The average molecular weight is 442 g/mol. The lowest BCUT2D eigenvalue weighted by Crippen LogP contribution is -2.46. The summed E-state index contributed by atoms with van der Waals surface area (Å²) in [6.45, 7) is 4.83. The van der Waals surface area contributed by atoms with Gasteiger partial charge in [-0.25, -0.2) is 0 Å². The van der Waals surface area contributed by atoms with E-state index in [2.05, 4.69) is 20.7 Å². The summed E-state index contributed by atoms with van der Waals surface area (Å²) in [7, 11) is -3.61. The van der Waals surface area contributed by atoms with Crippen LogP contribution in [0.4, 0.5) is 0 Å². The lowest BCUT2D eigenvalue weighted by Gasteiger charge is -2.37. The number of carbonyl (C=O) groups excluding carboxylic acids is 1. The largest absolute Gasteiger partial charge is 0.355 e. The van der Waals surface area contributed by atoms with Gasteiger partial charge in [-0.15, -0.1) is 4.40 Å². The van der Waals surface area contributed by atoms with E-state index in [1.54, 1.807) is 18.2 Å². The maximum absolute atomic E-state index is 13.1. The smallest absolute Gasteiger partial charge is 0.285 e. The molecule has 31 heavy (non-hydrogen) atoms. The lowest BCUT2D eigenvalue weighted by atomic mass is 9.90. The summed E-state index contributed by atoms with van der Waals surface area (Å²) in [4.78, 5) is 17.4. The van der Waals surface area contributed by atoms with Gasteiger partial charge in [-0.2, -0.15) is 13.5 Å². The van der Waals surface area contributed by atoms with Crippen LogP contribution in [0.5, 0.6) is 0 Å². The van der Waals surface area contributed by atoms with Crippen LogP contribution in [0.25, 0.3) is 0 Å². The summed E-state index contributed by atoms with van der Waals surface area (Å²) in [6.07, 6.45) is 3.33. The number of aromatic nitrogens is 2. The molecule has 0 aliphatic carbocycles. The molecule has 2 fully saturated rings. The Kier molecular flexibility index (Phi) is 5.08. The average Bonchev–Trinajstić information content (AvgIpc) is 3.34. The van der Waals surface area contributed by atoms with Gasteiger partial charge in [-0.3, -0.25) is 9.89 Å². The van der Waals surface area contributed by atoms with Crippen molar-refractivity contribution in [2.24, 2.45) is 10.3 Å². The molecule has 1 aromatic carbocycles. The van der Waals surface area contributed by atoms with Crippen molar-refractivity contribution < 1.29 is 13.2 Å². The maximum atomic E-state index is 13.1. The van der Waals surface area contributed by atoms with Crippen LogP contribution < -0.4 is 0 Å². The molecule has 4 heterocycles. The van der Waals surface area contributed by atoms with Crippen LogP contribution in [0.2, 0.25) is 0 Å². The molecule has 1 amide bonds. The lowest BCUT2D eigenvalue weighted by molar-refractivity contribution is -0.137. The number of hydrogen-bond donors (Lipinski definition) is 1. The molecule has 0 radical (unpaired) electrons. The molecule has 0 saturated carbocycles. The van der Waals surface area contributed by atoms with E-state index in [4.69, 9.17) is 0 Å². The Morgan fingerprint density at radius 3 is 2.45 bits per heavy atom. The minimum atomic E-state index is -3.61. The number of sulfonamides is 1. The molecule has 164 valence electrons. The molecule has 0 spiro atoms. The Hall–Kier alpha value is -2.68. The number of benzene rings is 1. The number of aryl methyl sites for hydroxylation is 1. The number of hydrogen-bond acceptors (Lipinski definition) is 5. The monoisotopic (exact) mass is 441 g/mol. The van der Waals surface area contributed by atoms with Crippen molar-refractivity contribution in [3.05, 3.63) is 47.3 Å². The summed E-state index contributed by atoms with van der Waals surface area (Å²) in [5.74, 6) is 1.17. The molecule has 1 N–H and O–H groups in total. The van der Waals surface area contributed by atoms with Crippen LogP contribution >= 0.6 is 0 Å². The minimum Gasteiger partial charge on any atom is -0.355 e. The second-order valence-electron chi connectivity index (χ2n) is 8.72. The number of nitrogens with zero attached hydrogens (tertiary/aromatic N) is 4. The number of likely N-dealkylation sites (tertiary alicyclic amines) is 2. The third-order valence-corrected chi connectivity index (χ3v) is 8.03.